The summed E-state index contributed by atoms with van der Waals surface area (Å²) in [5.41, 5.74) is 4.73. The van der Waals surface area contributed by atoms with E-state index in [1.165, 1.54) is 21.5 Å². The number of methoxy groups -OCH3 is 1. The lowest BCUT2D eigenvalue weighted by Crippen LogP contribution is -2.30. The maximum Gasteiger partial charge on any atom is 0.266 e. The van der Waals surface area contributed by atoms with Crippen molar-refractivity contribution < 1.29 is 19.2 Å². The van der Waals surface area contributed by atoms with E-state index in [9.17, 15) is 9.90 Å². The molecule has 0 saturated carbocycles. The number of hydrogen-bond acceptors (Lipinski definition) is 6. The van der Waals surface area contributed by atoms with Crippen LogP contribution in [-0.2, 0) is 11.3 Å². The highest BCUT2D eigenvalue weighted by Crippen LogP contribution is 2.48. The normalized spacial score (nSPS) is 17.0. The molecule has 2 aliphatic rings. The Morgan fingerprint density at radius 1 is 1.21 bits per heavy atom. The van der Waals surface area contributed by atoms with E-state index in [1.54, 1.807) is 30.2 Å². The van der Waals surface area contributed by atoms with Crippen LogP contribution in [0.4, 0.5) is 5.69 Å². The molecule has 39 heavy (non-hydrogen) atoms. The Hall–Kier alpha value is -3.26. The SMILES string of the molecule is CCC(=C\C=C1/Sc2cc3ccccc3cc2N1CCC(=O)[O-])/C=C1\CC[n+]2c1sc1cc(OC)c(Cl)cc12. The monoisotopic (exact) mass is 574 g/mol. The second kappa shape index (κ2) is 10.7. The molecule has 3 heterocycles. The number of rotatable bonds is 7. The van der Waals surface area contributed by atoms with Gasteiger partial charge in [-0.2, -0.15) is 4.57 Å². The number of carboxylic acids is 1. The molecule has 0 N–H and O–H groups in total. The second-order valence-electron chi connectivity index (χ2n) is 9.58. The third kappa shape index (κ3) is 4.95. The van der Waals surface area contributed by atoms with Crippen LogP contribution in [0.3, 0.4) is 0 Å². The van der Waals surface area contributed by atoms with Crippen LogP contribution < -0.4 is 19.3 Å². The number of thiazole rings is 1. The minimum atomic E-state index is -1.04. The Kier molecular flexibility index (Phi) is 7.14. The average molecular weight is 575 g/mol. The van der Waals surface area contributed by atoms with Gasteiger partial charge in [-0.3, -0.25) is 0 Å². The highest BCUT2D eigenvalue weighted by atomic mass is 35.5. The van der Waals surface area contributed by atoms with Crippen LogP contribution in [-0.4, -0.2) is 19.6 Å². The number of anilines is 1. The summed E-state index contributed by atoms with van der Waals surface area (Å²) in [6, 6.07) is 16.6. The van der Waals surface area contributed by atoms with Gasteiger partial charge in [-0.1, -0.05) is 72.0 Å². The molecule has 0 spiro atoms. The molecule has 0 bridgehead atoms. The molecule has 5 nitrogen and oxygen atoms in total. The standard InChI is InChI=1S/C31H27ClN2O3S2/c1-3-19(14-22-10-12-34-25-17-23(32)26(37-2)18-28(25)39-31(22)34)8-9-29-33(13-11-30(35)36)24-15-20-6-4-5-7-21(20)16-27(24)38-29/h4-9,14-18H,3,10-13H2,1-2H3. The summed E-state index contributed by atoms with van der Waals surface area (Å²) in [5.74, 6) is -0.345. The molecule has 0 fully saturated rings. The van der Waals surface area contributed by atoms with Crippen LogP contribution in [0.5, 0.6) is 5.75 Å². The maximum absolute atomic E-state index is 11.3. The van der Waals surface area contributed by atoms with Crippen LogP contribution in [0.25, 0.3) is 26.6 Å². The highest BCUT2D eigenvalue weighted by molar-refractivity contribution is 8.03. The molecule has 2 aliphatic heterocycles. The Bertz CT molecular complexity index is 1720. The molecule has 1 aromatic heterocycles. The molecular weight excluding hydrogens is 548 g/mol. The van der Waals surface area contributed by atoms with Crippen molar-refractivity contribution in [1.29, 1.82) is 0 Å². The number of aliphatic carboxylic acids is 1. The number of ether oxygens (including phenoxy) is 1. The Morgan fingerprint density at radius 2 is 2.00 bits per heavy atom. The van der Waals surface area contributed by atoms with E-state index < -0.39 is 5.97 Å². The van der Waals surface area contributed by atoms with Crippen molar-refractivity contribution in [2.45, 2.75) is 37.6 Å². The minimum absolute atomic E-state index is 0.0285. The summed E-state index contributed by atoms with van der Waals surface area (Å²) in [7, 11) is 1.64. The number of carbonyl (C=O) groups excluding carboxylic acids is 1. The van der Waals surface area contributed by atoms with Gasteiger partial charge in [0.15, 0.2) is 6.54 Å². The Morgan fingerprint density at radius 3 is 2.74 bits per heavy atom. The maximum atomic E-state index is 11.3. The quantitative estimate of drug-likeness (QED) is 0.229. The van der Waals surface area contributed by atoms with Crippen molar-refractivity contribution in [2.24, 2.45) is 0 Å². The lowest BCUT2D eigenvalue weighted by Gasteiger charge is -2.21. The van der Waals surface area contributed by atoms with Crippen molar-refractivity contribution in [3.8, 4) is 5.75 Å². The smallest absolute Gasteiger partial charge is 0.266 e. The molecule has 6 rings (SSSR count). The molecule has 0 radical (unpaired) electrons. The first-order chi connectivity index (χ1) is 18.9. The lowest BCUT2D eigenvalue weighted by atomic mass is 10.1. The number of halogens is 1. The van der Waals surface area contributed by atoms with E-state index >= 15 is 0 Å². The Balaban J connectivity index is 1.34. The van der Waals surface area contributed by atoms with E-state index in [2.05, 4.69) is 58.9 Å². The number of thioether (sulfide) groups is 1. The molecule has 0 atom stereocenters. The van der Waals surface area contributed by atoms with Gasteiger partial charge < -0.3 is 19.5 Å². The van der Waals surface area contributed by atoms with Crippen LogP contribution in [0.15, 0.2) is 82.3 Å². The third-order valence-corrected chi connectivity index (χ3v) is 9.83. The summed E-state index contributed by atoms with van der Waals surface area (Å²) < 4.78 is 8.93. The molecule has 0 amide bonds. The van der Waals surface area contributed by atoms with Crippen LogP contribution >= 0.6 is 34.7 Å². The first kappa shape index (κ1) is 26.0. The van der Waals surface area contributed by atoms with Gasteiger partial charge in [0, 0.05) is 48.0 Å². The number of nitrogens with zero attached hydrogens (tertiary/aromatic N) is 2. The number of benzene rings is 3. The molecular formula is C31H27ClN2O3S2. The molecule has 198 valence electrons. The van der Waals surface area contributed by atoms with E-state index in [0.29, 0.717) is 17.3 Å². The summed E-state index contributed by atoms with van der Waals surface area (Å²) in [4.78, 5) is 14.6. The van der Waals surface area contributed by atoms with Crippen LogP contribution in [0.1, 0.15) is 31.2 Å². The zero-order valence-corrected chi connectivity index (χ0v) is 24.1. The predicted molar refractivity (Wildman–Crippen MR) is 159 cm³/mol. The van der Waals surface area contributed by atoms with E-state index in [-0.39, 0.29) is 6.42 Å². The van der Waals surface area contributed by atoms with Crippen molar-refractivity contribution in [3.05, 3.63) is 87.4 Å². The van der Waals surface area contributed by atoms with E-state index in [1.807, 2.05) is 24.3 Å². The van der Waals surface area contributed by atoms with Gasteiger partial charge >= 0.3 is 0 Å². The van der Waals surface area contributed by atoms with Gasteiger partial charge in [-0.05, 0) is 47.1 Å². The molecule has 0 unspecified atom stereocenters. The third-order valence-electron chi connectivity index (χ3n) is 7.20. The number of allylic oxidation sites excluding steroid dienone is 5. The van der Waals surface area contributed by atoms with Gasteiger partial charge in [-0.15, -0.1) is 0 Å². The fourth-order valence-electron chi connectivity index (χ4n) is 5.19. The fourth-order valence-corrected chi connectivity index (χ4v) is 7.79. The van der Waals surface area contributed by atoms with Crippen molar-refractivity contribution in [3.63, 3.8) is 0 Å². The zero-order chi connectivity index (χ0) is 27.1. The van der Waals surface area contributed by atoms with Gasteiger partial charge in [0.05, 0.1) is 22.8 Å². The highest BCUT2D eigenvalue weighted by Gasteiger charge is 2.31. The summed E-state index contributed by atoms with van der Waals surface area (Å²) in [6.45, 7) is 3.46. The first-order valence-electron chi connectivity index (χ1n) is 12.9. The van der Waals surface area contributed by atoms with Crippen molar-refractivity contribution in [2.75, 3.05) is 18.6 Å². The average Bonchev–Trinajstić information content (AvgIpc) is 3.59. The predicted octanol–water partition coefficient (Wildman–Crippen LogP) is 6.72. The van der Waals surface area contributed by atoms with E-state index in [0.717, 1.165) is 50.6 Å². The van der Waals surface area contributed by atoms with Crippen LogP contribution in [0, 0.1) is 0 Å². The van der Waals surface area contributed by atoms with Crippen molar-refractivity contribution >= 4 is 72.9 Å². The number of carboxylic acid groups (broad SMARTS) is 1. The fraction of sp³-hybridized carbons (Fsp3) is 0.226. The molecule has 8 heteroatoms. The number of aromatic nitrogens is 1. The lowest BCUT2D eigenvalue weighted by molar-refractivity contribution is -0.659. The number of fused-ring (bicyclic) bond motifs is 5. The topological polar surface area (TPSA) is 56.5 Å². The van der Waals surface area contributed by atoms with E-state index in [4.69, 9.17) is 16.3 Å². The Labute approximate surface area is 240 Å². The number of aryl methyl sites for hydroxylation is 1. The second-order valence-corrected chi connectivity index (χ2v) is 12.1. The molecule has 4 aromatic rings. The first-order valence-corrected chi connectivity index (χ1v) is 15.0. The largest absolute Gasteiger partial charge is 0.550 e. The summed E-state index contributed by atoms with van der Waals surface area (Å²) in [6.07, 6.45) is 8.43. The van der Waals surface area contributed by atoms with Gasteiger partial charge in [0.25, 0.3) is 5.01 Å². The minimum Gasteiger partial charge on any atom is -0.550 e. The van der Waals surface area contributed by atoms with Gasteiger partial charge in [-0.25, -0.2) is 0 Å². The van der Waals surface area contributed by atoms with Crippen LogP contribution in [0.2, 0.25) is 5.02 Å². The molecule has 3 aromatic carbocycles. The number of hydrogen-bond donors (Lipinski definition) is 0. The summed E-state index contributed by atoms with van der Waals surface area (Å²) >= 11 is 9.87. The summed E-state index contributed by atoms with van der Waals surface area (Å²) in [5, 5.41) is 16.5. The van der Waals surface area contributed by atoms with Gasteiger partial charge in [0.2, 0.25) is 5.52 Å². The number of carbonyl (C=O) groups is 1. The molecule has 0 saturated heterocycles. The van der Waals surface area contributed by atoms with Gasteiger partial charge in [0.1, 0.15) is 10.4 Å². The zero-order valence-electron chi connectivity index (χ0n) is 21.7. The molecule has 0 aliphatic carbocycles. The van der Waals surface area contributed by atoms with Crippen molar-refractivity contribution in [1.82, 2.24) is 0 Å².